The Hall–Kier alpha value is -0.120. The van der Waals surface area contributed by atoms with Crippen LogP contribution in [0.25, 0.3) is 0 Å². The molecule has 33 heavy (non-hydrogen) atoms. The molecule has 0 spiro atoms. The molecule has 0 aromatic rings. The largest absolute Gasteiger partial charge is 0.378 e. The van der Waals surface area contributed by atoms with Gasteiger partial charge in [-0.3, -0.25) is 0 Å². The number of rotatable bonds is 24. The van der Waals surface area contributed by atoms with Crippen LogP contribution in [0.3, 0.4) is 0 Å². The molecule has 0 aliphatic carbocycles. The normalized spacial score (nSPS) is 22.0. The van der Waals surface area contributed by atoms with E-state index >= 15 is 0 Å². The maximum absolute atomic E-state index is 6.85. The lowest BCUT2D eigenvalue weighted by Gasteiger charge is -2.27. The maximum atomic E-state index is 6.85. The van der Waals surface area contributed by atoms with Crippen molar-refractivity contribution in [2.45, 2.75) is 180 Å². The van der Waals surface area contributed by atoms with Crippen LogP contribution in [0.15, 0.2) is 0 Å². The van der Waals surface area contributed by atoms with Gasteiger partial charge in [0.1, 0.15) is 0 Å². The summed E-state index contributed by atoms with van der Waals surface area (Å²) in [6.45, 7) is 6.62. The molecule has 2 aliphatic heterocycles. The van der Waals surface area contributed by atoms with Crippen molar-refractivity contribution < 1.29 is 14.2 Å². The predicted molar refractivity (Wildman–Crippen MR) is 141 cm³/mol. The van der Waals surface area contributed by atoms with Crippen LogP contribution in [0.2, 0.25) is 0 Å². The van der Waals surface area contributed by atoms with E-state index in [1.54, 1.807) is 0 Å². The molecule has 0 amide bonds. The fourth-order valence-corrected chi connectivity index (χ4v) is 5.30. The Balaban J connectivity index is 1.63. The first-order valence-corrected chi connectivity index (χ1v) is 15.2. The summed E-state index contributed by atoms with van der Waals surface area (Å²) in [5.41, 5.74) is 0. The highest BCUT2D eigenvalue weighted by Crippen LogP contribution is 2.24. The average molecular weight is 467 g/mol. The fraction of sp³-hybridized carbons (Fsp3) is 1.00. The van der Waals surface area contributed by atoms with E-state index in [1.165, 1.54) is 141 Å². The van der Waals surface area contributed by atoms with Gasteiger partial charge in [-0.25, -0.2) is 0 Å². The maximum Gasteiger partial charge on any atom is 0.0597 e. The van der Waals surface area contributed by atoms with Gasteiger partial charge in [-0.15, -0.1) is 0 Å². The molecule has 2 heterocycles. The van der Waals surface area contributed by atoms with Gasteiger partial charge in [0.15, 0.2) is 0 Å². The summed E-state index contributed by atoms with van der Waals surface area (Å²) in [6.07, 6.45) is 31.2. The second-order valence-corrected chi connectivity index (χ2v) is 10.9. The van der Waals surface area contributed by atoms with Gasteiger partial charge < -0.3 is 14.2 Å². The first-order chi connectivity index (χ1) is 16.3. The third kappa shape index (κ3) is 14.8. The molecule has 2 rings (SSSR count). The van der Waals surface area contributed by atoms with Gasteiger partial charge in [0, 0.05) is 13.2 Å². The van der Waals surface area contributed by atoms with Crippen molar-refractivity contribution in [3.63, 3.8) is 0 Å². The molecule has 4 atom stereocenters. The molecule has 4 unspecified atom stereocenters. The number of hydrogen-bond acceptors (Lipinski definition) is 3. The van der Waals surface area contributed by atoms with Crippen molar-refractivity contribution in [2.75, 3.05) is 13.2 Å². The Morgan fingerprint density at radius 1 is 0.545 bits per heavy atom. The van der Waals surface area contributed by atoms with Gasteiger partial charge in [-0.05, 0) is 51.4 Å². The molecule has 0 aromatic carbocycles. The monoisotopic (exact) mass is 466 g/mol. The number of unbranched alkanes of at least 4 members (excludes halogenated alkanes) is 10. The summed E-state index contributed by atoms with van der Waals surface area (Å²) < 4.78 is 18.0. The van der Waals surface area contributed by atoms with Crippen molar-refractivity contribution >= 4 is 0 Å². The lowest BCUT2D eigenvalue weighted by Crippen LogP contribution is -2.26. The van der Waals surface area contributed by atoms with Gasteiger partial charge >= 0.3 is 0 Å². The number of ether oxygens (including phenoxy) is 3. The quantitative estimate of drug-likeness (QED) is 0.133. The van der Waals surface area contributed by atoms with Crippen molar-refractivity contribution in [3.05, 3.63) is 0 Å². The lowest BCUT2D eigenvalue weighted by molar-refractivity contribution is -0.0557. The molecule has 0 radical (unpaired) electrons. The zero-order valence-corrected chi connectivity index (χ0v) is 22.5. The molecular formula is C30H58O3. The minimum atomic E-state index is 0.494. The van der Waals surface area contributed by atoms with E-state index in [9.17, 15) is 0 Å². The smallest absolute Gasteiger partial charge is 0.0597 e. The van der Waals surface area contributed by atoms with Crippen LogP contribution in [-0.2, 0) is 14.2 Å². The summed E-state index contributed by atoms with van der Waals surface area (Å²) in [4.78, 5) is 0. The Labute approximate surface area is 207 Å². The molecule has 2 saturated heterocycles. The summed E-state index contributed by atoms with van der Waals surface area (Å²) >= 11 is 0. The van der Waals surface area contributed by atoms with E-state index in [1.807, 2.05) is 0 Å². The molecule has 0 saturated carbocycles. The van der Waals surface area contributed by atoms with Crippen LogP contribution in [0.5, 0.6) is 0 Å². The minimum absolute atomic E-state index is 0.494. The van der Waals surface area contributed by atoms with Gasteiger partial charge in [0.25, 0.3) is 0 Å². The third-order valence-electron chi connectivity index (χ3n) is 7.84. The van der Waals surface area contributed by atoms with Crippen LogP contribution >= 0.6 is 0 Å². The lowest BCUT2D eigenvalue weighted by atomic mass is 9.99. The molecule has 196 valence electrons. The second-order valence-electron chi connectivity index (χ2n) is 10.9. The first kappa shape index (κ1) is 29.1. The Morgan fingerprint density at radius 2 is 0.909 bits per heavy atom. The van der Waals surface area contributed by atoms with Crippen LogP contribution < -0.4 is 0 Å². The van der Waals surface area contributed by atoms with E-state index in [0.29, 0.717) is 24.4 Å². The molecular weight excluding hydrogens is 408 g/mol. The van der Waals surface area contributed by atoms with Gasteiger partial charge in [-0.1, -0.05) is 104 Å². The molecule has 3 heteroatoms. The van der Waals surface area contributed by atoms with E-state index in [0.717, 1.165) is 13.2 Å². The van der Waals surface area contributed by atoms with E-state index in [-0.39, 0.29) is 0 Å². The molecule has 0 bridgehead atoms. The SMILES string of the molecule is CCCCCC(CCCCCCC1CCO1)OC(CCCCC)CCCCCCC1CCO1. The Kier molecular flexibility index (Phi) is 17.7. The van der Waals surface area contributed by atoms with E-state index < -0.39 is 0 Å². The van der Waals surface area contributed by atoms with Crippen molar-refractivity contribution in [3.8, 4) is 0 Å². The first-order valence-electron chi connectivity index (χ1n) is 15.2. The summed E-state index contributed by atoms with van der Waals surface area (Å²) in [5, 5.41) is 0. The number of hydrogen-bond donors (Lipinski definition) is 0. The van der Waals surface area contributed by atoms with Crippen LogP contribution in [0.1, 0.15) is 155 Å². The van der Waals surface area contributed by atoms with Crippen LogP contribution in [0.4, 0.5) is 0 Å². The summed E-state index contributed by atoms with van der Waals surface area (Å²) in [5.74, 6) is 0. The second kappa shape index (κ2) is 20.1. The molecule has 2 fully saturated rings. The Morgan fingerprint density at radius 3 is 1.24 bits per heavy atom. The van der Waals surface area contributed by atoms with Gasteiger partial charge in [0.05, 0.1) is 24.4 Å². The highest BCUT2D eigenvalue weighted by molar-refractivity contribution is 4.69. The topological polar surface area (TPSA) is 27.7 Å². The van der Waals surface area contributed by atoms with Crippen molar-refractivity contribution in [1.29, 1.82) is 0 Å². The summed E-state index contributed by atoms with van der Waals surface area (Å²) in [6, 6.07) is 0. The zero-order chi connectivity index (χ0) is 23.4. The predicted octanol–water partition coefficient (Wildman–Crippen LogP) is 9.16. The van der Waals surface area contributed by atoms with Crippen LogP contribution in [-0.4, -0.2) is 37.6 Å². The molecule has 2 aliphatic rings. The molecule has 3 nitrogen and oxygen atoms in total. The zero-order valence-electron chi connectivity index (χ0n) is 22.5. The highest BCUT2D eigenvalue weighted by Gasteiger charge is 2.19. The standard InChI is InChI=1S/C30H58O3/c1-3-5-11-19-29(21-15-9-7-13-17-27-23-25-31-27)33-30(20-12-6-4-2)22-16-10-8-14-18-28-24-26-32-28/h27-30H,3-26H2,1-2H3. The highest BCUT2D eigenvalue weighted by atomic mass is 16.5. The van der Waals surface area contributed by atoms with Crippen molar-refractivity contribution in [2.24, 2.45) is 0 Å². The third-order valence-corrected chi connectivity index (χ3v) is 7.84. The summed E-state index contributed by atoms with van der Waals surface area (Å²) in [7, 11) is 0. The Bertz CT molecular complexity index is 381. The molecule has 0 aromatic heterocycles. The van der Waals surface area contributed by atoms with Crippen LogP contribution in [0, 0.1) is 0 Å². The van der Waals surface area contributed by atoms with E-state index in [4.69, 9.17) is 14.2 Å². The fourth-order valence-electron chi connectivity index (χ4n) is 5.30. The minimum Gasteiger partial charge on any atom is -0.378 e. The van der Waals surface area contributed by atoms with E-state index in [2.05, 4.69) is 13.8 Å². The average Bonchev–Trinajstić information content (AvgIpc) is 2.75. The molecule has 0 N–H and O–H groups in total. The van der Waals surface area contributed by atoms with Crippen molar-refractivity contribution in [1.82, 2.24) is 0 Å². The van der Waals surface area contributed by atoms with Gasteiger partial charge in [-0.2, -0.15) is 0 Å². The van der Waals surface area contributed by atoms with Gasteiger partial charge in [0.2, 0.25) is 0 Å².